The summed E-state index contributed by atoms with van der Waals surface area (Å²) in [5, 5.41) is 0. The van der Waals surface area contributed by atoms with Crippen LogP contribution in [0.15, 0.2) is 97.1 Å². The average molecular weight is 437 g/mol. The summed E-state index contributed by atoms with van der Waals surface area (Å²) in [6, 6.07) is 34.4. The predicted octanol–water partition coefficient (Wildman–Crippen LogP) is 7.15. The summed E-state index contributed by atoms with van der Waals surface area (Å²) in [5.74, 6) is 13.7. The van der Waals surface area contributed by atoms with Gasteiger partial charge in [-0.25, -0.2) is 0 Å². The lowest BCUT2D eigenvalue weighted by Crippen LogP contribution is -2.00. The minimum atomic E-state index is 1.03. The fourth-order valence-electron chi connectivity index (χ4n) is 4.51. The lowest BCUT2D eigenvalue weighted by molar-refractivity contribution is 0.797. The molecule has 0 atom stereocenters. The highest BCUT2D eigenvalue weighted by atomic mass is 14.1. The van der Waals surface area contributed by atoms with Crippen molar-refractivity contribution in [2.24, 2.45) is 0 Å². The number of hydrogen-bond donors (Lipinski definition) is 0. The summed E-state index contributed by atoms with van der Waals surface area (Å²) < 4.78 is 0. The molecule has 0 fully saturated rings. The van der Waals surface area contributed by atoms with E-state index in [4.69, 9.17) is 0 Å². The minimum Gasteiger partial charge on any atom is -0.0622 e. The summed E-state index contributed by atoms with van der Waals surface area (Å²) in [6.07, 6.45) is 6.37. The zero-order chi connectivity index (χ0) is 23.0. The molecule has 34 heavy (non-hydrogen) atoms. The third-order valence-electron chi connectivity index (χ3n) is 6.40. The average Bonchev–Trinajstić information content (AvgIpc) is 2.89. The summed E-state index contributed by atoms with van der Waals surface area (Å²) in [4.78, 5) is 0. The number of rotatable bonds is 0. The number of hydrogen-bond acceptors (Lipinski definition) is 0. The van der Waals surface area contributed by atoms with Gasteiger partial charge in [0.1, 0.15) is 0 Å². The standard InChI is InChI=1S/C34H28/c1-3-9-27(10-4-1)17-23-33-25-29-13-8-16-32-22-20-30(14-7-15-31(33)21-19-29)26-34(32)24-18-28-11-5-2-6-12-28/h1-6,9-12,19-22,25-26H,7-8,13-16H2. The Kier molecular flexibility index (Phi) is 6.90. The van der Waals surface area contributed by atoms with Gasteiger partial charge in [-0.15, -0.1) is 0 Å². The molecular formula is C34H28. The molecule has 4 aromatic carbocycles. The monoisotopic (exact) mass is 436 g/mol. The van der Waals surface area contributed by atoms with E-state index in [1.165, 1.54) is 33.4 Å². The molecule has 4 aliphatic rings. The fourth-order valence-corrected chi connectivity index (χ4v) is 4.51. The molecule has 4 bridgehead atoms. The normalized spacial score (nSPS) is 12.7. The Labute approximate surface area is 203 Å². The molecule has 0 aliphatic heterocycles. The second-order valence-electron chi connectivity index (χ2n) is 8.92. The van der Waals surface area contributed by atoms with Crippen molar-refractivity contribution in [1.29, 1.82) is 0 Å². The molecule has 0 heteroatoms. The van der Waals surface area contributed by atoms with Crippen molar-refractivity contribution in [2.75, 3.05) is 0 Å². The summed E-state index contributed by atoms with van der Waals surface area (Å²) in [5.41, 5.74) is 9.94. The molecule has 0 unspecified atom stereocenters. The van der Waals surface area contributed by atoms with Gasteiger partial charge in [-0.2, -0.15) is 0 Å². The van der Waals surface area contributed by atoms with E-state index in [0.29, 0.717) is 0 Å². The predicted molar refractivity (Wildman–Crippen MR) is 142 cm³/mol. The van der Waals surface area contributed by atoms with Crippen LogP contribution in [0.25, 0.3) is 0 Å². The quantitative estimate of drug-likeness (QED) is 0.257. The van der Waals surface area contributed by atoms with Gasteiger partial charge in [-0.3, -0.25) is 0 Å². The maximum absolute atomic E-state index is 3.47. The third kappa shape index (κ3) is 5.67. The van der Waals surface area contributed by atoms with Crippen LogP contribution in [0.4, 0.5) is 0 Å². The Balaban J connectivity index is 1.41. The van der Waals surface area contributed by atoms with E-state index < -0.39 is 0 Å². The van der Waals surface area contributed by atoms with E-state index in [1.807, 2.05) is 36.4 Å². The lowest BCUT2D eigenvalue weighted by Gasteiger charge is -2.12. The molecule has 0 radical (unpaired) electrons. The molecule has 0 heterocycles. The number of benzene rings is 4. The molecule has 4 aromatic rings. The van der Waals surface area contributed by atoms with Crippen LogP contribution in [0.5, 0.6) is 0 Å². The SMILES string of the molecule is C(#Cc1cc2ccc1CCCc1ccc(c(C#Cc3ccccc3)c1)CCC2)c1ccccc1. The van der Waals surface area contributed by atoms with E-state index in [2.05, 4.69) is 84.3 Å². The molecule has 0 aromatic heterocycles. The fraction of sp³-hybridized carbons (Fsp3) is 0.176. The molecule has 0 N–H and O–H groups in total. The first kappa shape index (κ1) is 21.8. The number of aryl methyl sites for hydroxylation is 4. The first-order chi connectivity index (χ1) is 16.8. The van der Waals surface area contributed by atoms with Crippen LogP contribution in [0.2, 0.25) is 0 Å². The maximum atomic E-state index is 3.47. The molecule has 0 saturated carbocycles. The van der Waals surface area contributed by atoms with Crippen LogP contribution in [-0.2, 0) is 25.7 Å². The van der Waals surface area contributed by atoms with Crippen molar-refractivity contribution in [3.05, 3.63) is 142 Å². The van der Waals surface area contributed by atoms with Gasteiger partial charge in [0.15, 0.2) is 0 Å². The summed E-state index contributed by atoms with van der Waals surface area (Å²) in [7, 11) is 0. The van der Waals surface area contributed by atoms with Crippen LogP contribution in [-0.4, -0.2) is 0 Å². The summed E-state index contributed by atoms with van der Waals surface area (Å²) in [6.45, 7) is 0. The zero-order valence-corrected chi connectivity index (χ0v) is 19.5. The van der Waals surface area contributed by atoms with Crippen molar-refractivity contribution in [3.63, 3.8) is 0 Å². The van der Waals surface area contributed by atoms with Gasteiger partial charge in [0.25, 0.3) is 0 Å². The largest absolute Gasteiger partial charge is 0.0622 e. The molecule has 0 spiro atoms. The first-order valence-corrected chi connectivity index (χ1v) is 12.2. The zero-order valence-electron chi connectivity index (χ0n) is 19.5. The smallest absolute Gasteiger partial charge is 0.0283 e. The van der Waals surface area contributed by atoms with Crippen LogP contribution in [0.1, 0.15) is 57.3 Å². The molecule has 4 aliphatic carbocycles. The molecule has 0 nitrogen and oxygen atoms in total. The molecule has 164 valence electrons. The van der Waals surface area contributed by atoms with Gasteiger partial charge in [0, 0.05) is 22.3 Å². The Morgan fingerprint density at radius 3 is 1.29 bits per heavy atom. The topological polar surface area (TPSA) is 0 Å². The van der Waals surface area contributed by atoms with E-state index >= 15 is 0 Å². The molecule has 0 saturated heterocycles. The maximum Gasteiger partial charge on any atom is 0.0283 e. The van der Waals surface area contributed by atoms with Crippen molar-refractivity contribution >= 4 is 0 Å². The van der Waals surface area contributed by atoms with Crippen LogP contribution in [0.3, 0.4) is 0 Å². The highest BCUT2D eigenvalue weighted by Gasteiger charge is 2.08. The van der Waals surface area contributed by atoms with E-state index in [1.54, 1.807) is 0 Å². The second-order valence-corrected chi connectivity index (χ2v) is 8.92. The van der Waals surface area contributed by atoms with Crippen molar-refractivity contribution in [2.45, 2.75) is 38.5 Å². The summed E-state index contributed by atoms with van der Waals surface area (Å²) >= 11 is 0. The highest BCUT2D eigenvalue weighted by Crippen LogP contribution is 2.21. The molecular weight excluding hydrogens is 408 g/mol. The van der Waals surface area contributed by atoms with Gasteiger partial charge in [0.05, 0.1) is 0 Å². The van der Waals surface area contributed by atoms with E-state index in [0.717, 1.165) is 49.7 Å². The molecule has 8 rings (SSSR count). The van der Waals surface area contributed by atoms with Gasteiger partial charge in [0.2, 0.25) is 0 Å². The van der Waals surface area contributed by atoms with E-state index in [9.17, 15) is 0 Å². The Morgan fingerprint density at radius 1 is 0.412 bits per heavy atom. The third-order valence-corrected chi connectivity index (χ3v) is 6.40. The van der Waals surface area contributed by atoms with Crippen molar-refractivity contribution in [1.82, 2.24) is 0 Å². The van der Waals surface area contributed by atoms with Gasteiger partial charge in [-0.05, 0) is 97.2 Å². The van der Waals surface area contributed by atoms with Gasteiger partial charge >= 0.3 is 0 Å². The Hall–Kier alpha value is -4.00. The molecule has 0 amide bonds. The van der Waals surface area contributed by atoms with Crippen LogP contribution >= 0.6 is 0 Å². The minimum absolute atomic E-state index is 1.03. The Bertz CT molecular complexity index is 1280. The van der Waals surface area contributed by atoms with Crippen molar-refractivity contribution < 1.29 is 0 Å². The van der Waals surface area contributed by atoms with Crippen LogP contribution in [0, 0.1) is 23.7 Å². The van der Waals surface area contributed by atoms with Gasteiger partial charge in [-0.1, -0.05) is 84.3 Å². The highest BCUT2D eigenvalue weighted by molar-refractivity contribution is 5.50. The Morgan fingerprint density at radius 2 is 0.853 bits per heavy atom. The van der Waals surface area contributed by atoms with Crippen molar-refractivity contribution in [3.8, 4) is 23.7 Å². The van der Waals surface area contributed by atoms with Crippen LogP contribution < -0.4 is 0 Å². The van der Waals surface area contributed by atoms with Gasteiger partial charge < -0.3 is 0 Å². The second kappa shape index (κ2) is 10.7. The first-order valence-electron chi connectivity index (χ1n) is 12.2. The van der Waals surface area contributed by atoms with E-state index in [-0.39, 0.29) is 0 Å². The lowest BCUT2D eigenvalue weighted by atomic mass is 9.92.